The SMILES string of the molecule is CCCCC(Oc1ccccc1F)C(=O)OC. The predicted octanol–water partition coefficient (Wildman–Crippen LogP) is 2.94. The molecular weight excluding hydrogens is 223 g/mol. The van der Waals surface area contributed by atoms with Crippen LogP contribution in [0.5, 0.6) is 5.75 Å². The number of hydrogen-bond donors (Lipinski definition) is 0. The number of esters is 1. The van der Waals surface area contributed by atoms with Crippen molar-refractivity contribution in [2.45, 2.75) is 32.3 Å². The molecule has 0 fully saturated rings. The molecule has 0 spiro atoms. The molecule has 0 amide bonds. The molecule has 4 heteroatoms. The summed E-state index contributed by atoms with van der Waals surface area (Å²) in [6, 6.07) is 6.02. The van der Waals surface area contributed by atoms with Crippen LogP contribution in [0.25, 0.3) is 0 Å². The van der Waals surface area contributed by atoms with Gasteiger partial charge in [0.25, 0.3) is 0 Å². The number of hydrogen-bond acceptors (Lipinski definition) is 3. The number of halogens is 1. The van der Waals surface area contributed by atoms with E-state index in [1.807, 2.05) is 6.92 Å². The van der Waals surface area contributed by atoms with Gasteiger partial charge in [-0.15, -0.1) is 0 Å². The summed E-state index contributed by atoms with van der Waals surface area (Å²) in [5, 5.41) is 0. The number of carbonyl (C=O) groups is 1. The highest BCUT2D eigenvalue weighted by atomic mass is 19.1. The van der Waals surface area contributed by atoms with Crippen LogP contribution in [0.1, 0.15) is 26.2 Å². The van der Waals surface area contributed by atoms with Crippen molar-refractivity contribution in [1.82, 2.24) is 0 Å². The van der Waals surface area contributed by atoms with Crippen LogP contribution in [0.15, 0.2) is 24.3 Å². The highest BCUT2D eigenvalue weighted by molar-refractivity contribution is 5.74. The van der Waals surface area contributed by atoms with E-state index in [-0.39, 0.29) is 5.75 Å². The third-order valence-electron chi connectivity index (χ3n) is 2.39. The van der Waals surface area contributed by atoms with Gasteiger partial charge >= 0.3 is 5.97 Å². The molecule has 0 heterocycles. The van der Waals surface area contributed by atoms with Gasteiger partial charge < -0.3 is 9.47 Å². The first-order valence-corrected chi connectivity index (χ1v) is 5.68. The van der Waals surface area contributed by atoms with Crippen LogP contribution in [-0.2, 0) is 9.53 Å². The molecular formula is C13H17FO3. The van der Waals surface area contributed by atoms with Crippen molar-refractivity contribution in [3.05, 3.63) is 30.1 Å². The third-order valence-corrected chi connectivity index (χ3v) is 2.39. The Morgan fingerprint density at radius 1 is 1.41 bits per heavy atom. The lowest BCUT2D eigenvalue weighted by Crippen LogP contribution is -2.28. The maximum absolute atomic E-state index is 13.4. The molecule has 17 heavy (non-hydrogen) atoms. The maximum atomic E-state index is 13.4. The number of rotatable bonds is 6. The third kappa shape index (κ3) is 4.06. The Labute approximate surface area is 101 Å². The molecule has 0 aliphatic heterocycles. The Kier molecular flexibility index (Phi) is 5.46. The monoisotopic (exact) mass is 240 g/mol. The summed E-state index contributed by atoms with van der Waals surface area (Å²) < 4.78 is 23.3. The smallest absolute Gasteiger partial charge is 0.347 e. The summed E-state index contributed by atoms with van der Waals surface area (Å²) in [4.78, 5) is 11.5. The molecule has 0 aliphatic carbocycles. The average Bonchev–Trinajstić information content (AvgIpc) is 2.35. The van der Waals surface area contributed by atoms with Gasteiger partial charge in [0.1, 0.15) is 0 Å². The zero-order valence-electron chi connectivity index (χ0n) is 10.1. The Balaban J connectivity index is 2.72. The number of benzene rings is 1. The van der Waals surface area contributed by atoms with Crippen LogP contribution in [-0.4, -0.2) is 19.2 Å². The van der Waals surface area contributed by atoms with Gasteiger partial charge in [-0.2, -0.15) is 0 Å². The zero-order valence-corrected chi connectivity index (χ0v) is 10.1. The average molecular weight is 240 g/mol. The number of carbonyl (C=O) groups excluding carboxylic acids is 1. The normalized spacial score (nSPS) is 11.9. The summed E-state index contributed by atoms with van der Waals surface area (Å²) in [7, 11) is 1.30. The largest absolute Gasteiger partial charge is 0.476 e. The van der Waals surface area contributed by atoms with Gasteiger partial charge in [0.2, 0.25) is 0 Å². The maximum Gasteiger partial charge on any atom is 0.347 e. The highest BCUT2D eigenvalue weighted by Crippen LogP contribution is 2.19. The van der Waals surface area contributed by atoms with Crippen molar-refractivity contribution in [2.24, 2.45) is 0 Å². The summed E-state index contributed by atoms with van der Waals surface area (Å²) in [5.74, 6) is -0.862. The first-order chi connectivity index (χ1) is 8.19. The van der Waals surface area contributed by atoms with Crippen molar-refractivity contribution >= 4 is 5.97 Å². The Morgan fingerprint density at radius 3 is 2.71 bits per heavy atom. The molecule has 1 atom stereocenters. The molecule has 3 nitrogen and oxygen atoms in total. The zero-order chi connectivity index (χ0) is 12.7. The van der Waals surface area contributed by atoms with Crippen LogP contribution < -0.4 is 4.74 Å². The molecule has 0 bridgehead atoms. The van der Waals surface area contributed by atoms with E-state index < -0.39 is 17.9 Å². The second-order valence-corrected chi connectivity index (χ2v) is 3.70. The fourth-order valence-corrected chi connectivity index (χ4v) is 1.44. The summed E-state index contributed by atoms with van der Waals surface area (Å²) in [6.07, 6.45) is 1.55. The van der Waals surface area contributed by atoms with Gasteiger partial charge in [-0.1, -0.05) is 25.5 Å². The molecule has 1 unspecified atom stereocenters. The van der Waals surface area contributed by atoms with Gasteiger partial charge in [0.15, 0.2) is 17.7 Å². The first-order valence-electron chi connectivity index (χ1n) is 5.68. The van der Waals surface area contributed by atoms with E-state index in [1.54, 1.807) is 12.1 Å². The minimum absolute atomic E-state index is 0.0824. The molecule has 0 N–H and O–H groups in total. The van der Waals surface area contributed by atoms with E-state index in [0.717, 1.165) is 12.8 Å². The molecule has 0 radical (unpaired) electrons. The van der Waals surface area contributed by atoms with Gasteiger partial charge in [-0.3, -0.25) is 0 Å². The van der Waals surface area contributed by atoms with Crippen LogP contribution >= 0.6 is 0 Å². The van der Waals surface area contributed by atoms with E-state index in [0.29, 0.717) is 6.42 Å². The Bertz CT molecular complexity index is 365. The molecule has 0 saturated heterocycles. The number of methoxy groups -OCH3 is 1. The summed E-state index contributed by atoms with van der Waals surface area (Å²) in [6.45, 7) is 2.01. The van der Waals surface area contributed by atoms with Crippen molar-refractivity contribution in [3.8, 4) is 5.75 Å². The van der Waals surface area contributed by atoms with E-state index in [4.69, 9.17) is 4.74 Å². The van der Waals surface area contributed by atoms with Crippen molar-refractivity contribution in [2.75, 3.05) is 7.11 Å². The van der Waals surface area contributed by atoms with Gasteiger partial charge in [0, 0.05) is 0 Å². The van der Waals surface area contributed by atoms with Crippen molar-refractivity contribution < 1.29 is 18.7 Å². The summed E-state index contributed by atoms with van der Waals surface area (Å²) in [5.41, 5.74) is 0. The highest BCUT2D eigenvalue weighted by Gasteiger charge is 2.21. The lowest BCUT2D eigenvalue weighted by atomic mass is 10.1. The van der Waals surface area contributed by atoms with Crippen LogP contribution in [0.3, 0.4) is 0 Å². The molecule has 94 valence electrons. The molecule has 0 saturated carbocycles. The van der Waals surface area contributed by atoms with Crippen molar-refractivity contribution in [3.63, 3.8) is 0 Å². The second-order valence-electron chi connectivity index (χ2n) is 3.70. The van der Waals surface area contributed by atoms with Crippen LogP contribution in [0, 0.1) is 5.82 Å². The van der Waals surface area contributed by atoms with Gasteiger partial charge in [0.05, 0.1) is 7.11 Å². The van der Waals surface area contributed by atoms with E-state index in [1.165, 1.54) is 19.2 Å². The lowest BCUT2D eigenvalue weighted by molar-refractivity contribution is -0.149. The second kappa shape index (κ2) is 6.89. The lowest BCUT2D eigenvalue weighted by Gasteiger charge is -2.16. The first kappa shape index (κ1) is 13.5. The van der Waals surface area contributed by atoms with E-state index >= 15 is 0 Å². The van der Waals surface area contributed by atoms with Crippen LogP contribution in [0.2, 0.25) is 0 Å². The van der Waals surface area contributed by atoms with E-state index in [9.17, 15) is 9.18 Å². The minimum atomic E-state index is -0.739. The van der Waals surface area contributed by atoms with E-state index in [2.05, 4.69) is 4.74 Å². The fraction of sp³-hybridized carbons (Fsp3) is 0.462. The number of unbranched alkanes of at least 4 members (excludes halogenated alkanes) is 1. The van der Waals surface area contributed by atoms with Gasteiger partial charge in [-0.25, -0.2) is 9.18 Å². The van der Waals surface area contributed by atoms with Crippen LogP contribution in [0.4, 0.5) is 4.39 Å². The van der Waals surface area contributed by atoms with Gasteiger partial charge in [-0.05, 0) is 25.0 Å². The van der Waals surface area contributed by atoms with Crippen molar-refractivity contribution in [1.29, 1.82) is 0 Å². The Hall–Kier alpha value is -1.58. The number of ether oxygens (including phenoxy) is 2. The predicted molar refractivity (Wildman–Crippen MR) is 62.4 cm³/mol. The molecule has 1 rings (SSSR count). The minimum Gasteiger partial charge on any atom is -0.476 e. The topological polar surface area (TPSA) is 35.5 Å². The quantitative estimate of drug-likeness (QED) is 0.717. The standard InChI is InChI=1S/C13H17FO3/c1-3-4-8-12(13(15)16-2)17-11-9-6-5-7-10(11)14/h5-7,9,12H,3-4,8H2,1-2H3. The fourth-order valence-electron chi connectivity index (χ4n) is 1.44. The molecule has 0 aliphatic rings. The number of para-hydroxylation sites is 1. The summed E-state index contributed by atoms with van der Waals surface area (Å²) >= 11 is 0. The molecule has 0 aromatic heterocycles. The molecule has 1 aromatic carbocycles. The molecule has 1 aromatic rings. The Morgan fingerprint density at radius 2 is 2.12 bits per heavy atom.